The zero-order valence-electron chi connectivity index (χ0n) is 16.0. The number of hydrogen-bond acceptors (Lipinski definition) is 5. The molecule has 2 heterocycles. The number of ether oxygens (including phenoxy) is 1. The van der Waals surface area contributed by atoms with Gasteiger partial charge in [-0.2, -0.15) is 0 Å². The predicted octanol–water partition coefficient (Wildman–Crippen LogP) is 3.85. The van der Waals surface area contributed by atoms with E-state index >= 15 is 0 Å². The highest BCUT2D eigenvalue weighted by Gasteiger charge is 2.15. The highest BCUT2D eigenvalue weighted by atomic mass is 16.5. The Labute approximate surface area is 168 Å². The molecule has 4 aromatic rings. The van der Waals surface area contributed by atoms with Crippen molar-refractivity contribution in [1.29, 1.82) is 0 Å². The summed E-state index contributed by atoms with van der Waals surface area (Å²) in [7, 11) is 1.64. The molecule has 0 fully saturated rings. The van der Waals surface area contributed by atoms with Crippen LogP contribution in [0.4, 0.5) is 11.5 Å². The van der Waals surface area contributed by atoms with Crippen molar-refractivity contribution < 1.29 is 9.53 Å². The summed E-state index contributed by atoms with van der Waals surface area (Å²) in [5.41, 5.74) is 3.21. The first kappa shape index (κ1) is 18.5. The SMILES string of the molecule is COc1cccc(-c2nc3cnccn3c2NCCC(=O)Nc2ccccc2)c1. The first-order valence-corrected chi connectivity index (χ1v) is 9.30. The zero-order valence-corrected chi connectivity index (χ0v) is 16.0. The molecular weight excluding hydrogens is 366 g/mol. The Morgan fingerprint density at radius 3 is 2.83 bits per heavy atom. The number of nitrogens with one attached hydrogen (secondary N) is 2. The van der Waals surface area contributed by atoms with Gasteiger partial charge in [0.1, 0.15) is 17.3 Å². The Bertz CT molecular complexity index is 1120. The van der Waals surface area contributed by atoms with Gasteiger partial charge in [-0.05, 0) is 24.3 Å². The van der Waals surface area contributed by atoms with Crippen LogP contribution in [-0.2, 0) is 4.79 Å². The summed E-state index contributed by atoms with van der Waals surface area (Å²) in [6, 6.07) is 17.1. The lowest BCUT2D eigenvalue weighted by atomic mass is 10.1. The number of fused-ring (bicyclic) bond motifs is 1. The van der Waals surface area contributed by atoms with E-state index in [-0.39, 0.29) is 5.91 Å². The molecule has 4 rings (SSSR count). The molecule has 2 aromatic carbocycles. The minimum atomic E-state index is -0.0536. The normalized spacial score (nSPS) is 10.7. The Morgan fingerprint density at radius 1 is 1.14 bits per heavy atom. The average molecular weight is 387 g/mol. The van der Waals surface area contributed by atoms with Crippen LogP contribution in [0.3, 0.4) is 0 Å². The molecule has 7 heteroatoms. The van der Waals surface area contributed by atoms with Crippen LogP contribution in [0, 0.1) is 0 Å². The van der Waals surface area contributed by atoms with Crippen LogP contribution in [0.1, 0.15) is 6.42 Å². The van der Waals surface area contributed by atoms with Crippen LogP contribution in [0.15, 0.2) is 73.2 Å². The number of hydrogen-bond donors (Lipinski definition) is 2. The van der Waals surface area contributed by atoms with Gasteiger partial charge >= 0.3 is 0 Å². The number of amides is 1. The summed E-state index contributed by atoms with van der Waals surface area (Å²) in [6.45, 7) is 0.464. The van der Waals surface area contributed by atoms with E-state index in [1.807, 2.05) is 65.2 Å². The van der Waals surface area contributed by atoms with Crippen molar-refractivity contribution in [2.45, 2.75) is 6.42 Å². The summed E-state index contributed by atoms with van der Waals surface area (Å²) in [6.07, 6.45) is 5.58. The molecule has 7 nitrogen and oxygen atoms in total. The van der Waals surface area contributed by atoms with Crippen molar-refractivity contribution in [1.82, 2.24) is 14.4 Å². The van der Waals surface area contributed by atoms with E-state index in [1.54, 1.807) is 19.5 Å². The maximum atomic E-state index is 12.2. The van der Waals surface area contributed by atoms with Crippen molar-refractivity contribution in [2.24, 2.45) is 0 Å². The molecule has 0 aliphatic rings. The molecule has 0 spiro atoms. The van der Waals surface area contributed by atoms with E-state index < -0.39 is 0 Å². The van der Waals surface area contributed by atoms with Gasteiger partial charge < -0.3 is 15.4 Å². The van der Waals surface area contributed by atoms with Crippen molar-refractivity contribution in [3.8, 4) is 17.0 Å². The summed E-state index contributed by atoms with van der Waals surface area (Å²) in [4.78, 5) is 21.1. The van der Waals surface area contributed by atoms with Gasteiger partial charge in [0, 0.05) is 36.6 Å². The third kappa shape index (κ3) is 4.19. The largest absolute Gasteiger partial charge is 0.497 e. The quantitative estimate of drug-likeness (QED) is 0.504. The highest BCUT2D eigenvalue weighted by Crippen LogP contribution is 2.30. The fraction of sp³-hybridized carbons (Fsp3) is 0.136. The van der Waals surface area contributed by atoms with Crippen molar-refractivity contribution in [3.63, 3.8) is 0 Å². The fourth-order valence-corrected chi connectivity index (χ4v) is 3.09. The third-order valence-corrected chi connectivity index (χ3v) is 4.48. The summed E-state index contributed by atoms with van der Waals surface area (Å²) in [5.74, 6) is 1.51. The second-order valence-electron chi connectivity index (χ2n) is 6.44. The zero-order chi connectivity index (χ0) is 20.1. The minimum Gasteiger partial charge on any atom is -0.497 e. The molecule has 2 aromatic heterocycles. The molecule has 29 heavy (non-hydrogen) atoms. The van der Waals surface area contributed by atoms with Crippen LogP contribution in [0.2, 0.25) is 0 Å². The Morgan fingerprint density at radius 2 is 2.00 bits per heavy atom. The number of aromatic nitrogens is 3. The van der Waals surface area contributed by atoms with Gasteiger partial charge in [-0.1, -0.05) is 30.3 Å². The number of methoxy groups -OCH3 is 1. The molecular formula is C22H21N5O2. The summed E-state index contributed by atoms with van der Waals surface area (Å²) >= 11 is 0. The van der Waals surface area contributed by atoms with E-state index in [9.17, 15) is 4.79 Å². The molecule has 0 aliphatic heterocycles. The predicted molar refractivity (Wildman–Crippen MR) is 113 cm³/mol. The molecule has 0 aliphatic carbocycles. The molecule has 2 N–H and O–H groups in total. The molecule has 1 amide bonds. The first-order valence-electron chi connectivity index (χ1n) is 9.30. The van der Waals surface area contributed by atoms with Crippen LogP contribution >= 0.6 is 0 Å². The number of nitrogens with zero attached hydrogens (tertiary/aromatic N) is 3. The number of carbonyl (C=O) groups is 1. The number of imidazole rings is 1. The summed E-state index contributed by atoms with van der Waals surface area (Å²) in [5, 5.41) is 6.25. The van der Waals surface area contributed by atoms with Gasteiger partial charge in [0.2, 0.25) is 5.91 Å². The lowest BCUT2D eigenvalue weighted by molar-refractivity contribution is -0.115. The van der Waals surface area contributed by atoms with Crippen LogP contribution in [0.5, 0.6) is 5.75 Å². The fourth-order valence-electron chi connectivity index (χ4n) is 3.09. The Balaban J connectivity index is 1.54. The van der Waals surface area contributed by atoms with E-state index in [2.05, 4.69) is 15.6 Å². The van der Waals surface area contributed by atoms with Crippen LogP contribution < -0.4 is 15.4 Å². The van der Waals surface area contributed by atoms with Gasteiger partial charge in [0.15, 0.2) is 5.65 Å². The van der Waals surface area contributed by atoms with E-state index in [0.29, 0.717) is 13.0 Å². The Hall–Kier alpha value is -3.87. The maximum Gasteiger partial charge on any atom is 0.226 e. The lowest BCUT2D eigenvalue weighted by Gasteiger charge is -2.10. The smallest absolute Gasteiger partial charge is 0.226 e. The first-order chi connectivity index (χ1) is 14.2. The van der Waals surface area contributed by atoms with E-state index in [0.717, 1.165) is 34.2 Å². The molecule has 0 bridgehead atoms. The molecule has 0 unspecified atom stereocenters. The second-order valence-corrected chi connectivity index (χ2v) is 6.44. The van der Waals surface area contributed by atoms with Crippen LogP contribution in [0.25, 0.3) is 16.9 Å². The molecule has 146 valence electrons. The molecule has 0 saturated carbocycles. The van der Waals surface area contributed by atoms with Gasteiger partial charge in [0.25, 0.3) is 0 Å². The average Bonchev–Trinajstić information content (AvgIpc) is 3.13. The van der Waals surface area contributed by atoms with Crippen LogP contribution in [-0.4, -0.2) is 33.9 Å². The van der Waals surface area contributed by atoms with Gasteiger partial charge in [0.05, 0.1) is 13.3 Å². The topological polar surface area (TPSA) is 80.6 Å². The van der Waals surface area contributed by atoms with Gasteiger partial charge in [-0.25, -0.2) is 4.98 Å². The van der Waals surface area contributed by atoms with Crippen molar-refractivity contribution >= 4 is 23.1 Å². The third-order valence-electron chi connectivity index (χ3n) is 4.48. The van der Waals surface area contributed by atoms with E-state index in [4.69, 9.17) is 9.72 Å². The molecule has 0 saturated heterocycles. The van der Waals surface area contributed by atoms with Gasteiger partial charge in [-0.15, -0.1) is 0 Å². The standard InChI is InChI=1S/C22H21N5O2/c1-29-18-9-5-6-16(14-18)21-22(27-13-12-23-15-19(27)26-21)24-11-10-20(28)25-17-7-3-2-4-8-17/h2-9,12-15,24H,10-11H2,1H3,(H,25,28). The maximum absolute atomic E-state index is 12.2. The molecule has 0 atom stereocenters. The second kappa shape index (κ2) is 8.43. The molecule has 0 radical (unpaired) electrons. The highest BCUT2D eigenvalue weighted by molar-refractivity contribution is 5.91. The number of carbonyl (C=O) groups excluding carboxylic acids is 1. The van der Waals surface area contributed by atoms with Gasteiger partial charge in [-0.3, -0.25) is 14.2 Å². The number of rotatable bonds is 7. The number of anilines is 2. The minimum absolute atomic E-state index is 0.0536. The van der Waals surface area contributed by atoms with Crippen molar-refractivity contribution in [2.75, 3.05) is 24.3 Å². The van der Waals surface area contributed by atoms with Crippen molar-refractivity contribution in [3.05, 3.63) is 73.2 Å². The Kier molecular flexibility index (Phi) is 5.38. The number of para-hydroxylation sites is 1. The number of benzene rings is 2. The van der Waals surface area contributed by atoms with E-state index in [1.165, 1.54) is 0 Å². The monoisotopic (exact) mass is 387 g/mol. The lowest BCUT2D eigenvalue weighted by Crippen LogP contribution is -2.16. The summed E-state index contributed by atoms with van der Waals surface area (Å²) < 4.78 is 7.27.